The summed E-state index contributed by atoms with van der Waals surface area (Å²) in [6.07, 6.45) is 8.37. The van der Waals surface area contributed by atoms with Crippen LogP contribution in [0.15, 0.2) is 24.3 Å². The molecule has 1 aliphatic heterocycles. The van der Waals surface area contributed by atoms with Crippen LogP contribution in [-0.4, -0.2) is 53.0 Å². The fourth-order valence-corrected chi connectivity index (χ4v) is 4.89. The number of nitrogens with one attached hydrogen (secondary N) is 1. The first-order chi connectivity index (χ1) is 14.4. The molecule has 4 rings (SSSR count). The number of likely N-dealkylation sites (tertiary alicyclic amines) is 1. The van der Waals surface area contributed by atoms with Crippen molar-refractivity contribution in [1.29, 1.82) is 0 Å². The number of carbonyl (C=O) groups excluding carboxylic acids is 2. The van der Waals surface area contributed by atoms with Gasteiger partial charge in [-0.05, 0) is 108 Å². The molecule has 0 bridgehead atoms. The van der Waals surface area contributed by atoms with Gasteiger partial charge in [0, 0.05) is 17.5 Å². The number of nitrogens with zero attached hydrogens (tertiary/aromatic N) is 1. The predicted octanol–water partition coefficient (Wildman–Crippen LogP) is 3.31. The van der Waals surface area contributed by atoms with E-state index < -0.39 is 5.60 Å². The third kappa shape index (κ3) is 5.27. The molecule has 5 nitrogen and oxygen atoms in total. The highest BCUT2D eigenvalue weighted by molar-refractivity contribution is 5.97. The number of rotatable bonds is 7. The summed E-state index contributed by atoms with van der Waals surface area (Å²) in [6.45, 7) is 2.96. The number of ketones is 1. The summed E-state index contributed by atoms with van der Waals surface area (Å²) in [5, 5.41) is 12.9. The molecule has 164 valence electrons. The lowest BCUT2D eigenvalue weighted by molar-refractivity contribution is -0.132. The Bertz CT molecular complexity index is 746. The van der Waals surface area contributed by atoms with Crippen molar-refractivity contribution >= 4 is 11.7 Å². The molecule has 30 heavy (non-hydrogen) atoms. The summed E-state index contributed by atoms with van der Waals surface area (Å²) < 4.78 is 13.1. The van der Waals surface area contributed by atoms with Crippen molar-refractivity contribution in [2.75, 3.05) is 19.6 Å². The van der Waals surface area contributed by atoms with Gasteiger partial charge in [-0.15, -0.1) is 0 Å². The quantitative estimate of drug-likeness (QED) is 0.669. The zero-order valence-corrected chi connectivity index (χ0v) is 17.6. The molecule has 1 aromatic rings. The molecule has 3 fully saturated rings. The number of piperidine rings is 1. The molecule has 1 saturated heterocycles. The average Bonchev–Trinajstić information content (AvgIpc) is 3.52. The van der Waals surface area contributed by atoms with Crippen LogP contribution < -0.4 is 5.32 Å². The van der Waals surface area contributed by atoms with Gasteiger partial charge in [-0.2, -0.15) is 0 Å². The highest BCUT2D eigenvalue weighted by Gasteiger charge is 2.48. The van der Waals surface area contributed by atoms with Crippen molar-refractivity contribution in [1.82, 2.24) is 10.2 Å². The molecule has 1 aromatic carbocycles. The lowest BCUT2D eigenvalue weighted by Gasteiger charge is -2.34. The van der Waals surface area contributed by atoms with E-state index >= 15 is 0 Å². The first-order valence-corrected chi connectivity index (χ1v) is 11.5. The second kappa shape index (κ2) is 9.15. The molecule has 0 spiro atoms. The Labute approximate surface area is 178 Å². The molecule has 2 N–H and O–H groups in total. The maximum absolute atomic E-state index is 13.1. The van der Waals surface area contributed by atoms with E-state index in [0.29, 0.717) is 24.3 Å². The Balaban J connectivity index is 1.13. The summed E-state index contributed by atoms with van der Waals surface area (Å²) in [7, 11) is 0. The standard InChI is InChI=1S/C24H33FN2O3/c25-20-5-3-18(4-6-20)22(28)19-10-15-27(16-11-19)14-9-17-1-7-21(8-2-17)26-23(29)24(30)12-13-24/h3-6,17,19,21,30H,1-2,7-16H2,(H,26,29). The maximum atomic E-state index is 13.1. The van der Waals surface area contributed by atoms with Crippen molar-refractivity contribution in [3.05, 3.63) is 35.6 Å². The van der Waals surface area contributed by atoms with Crippen LogP contribution in [-0.2, 0) is 4.79 Å². The number of amides is 1. The van der Waals surface area contributed by atoms with E-state index in [2.05, 4.69) is 10.2 Å². The van der Waals surface area contributed by atoms with Crippen LogP contribution in [0.3, 0.4) is 0 Å². The van der Waals surface area contributed by atoms with Gasteiger partial charge >= 0.3 is 0 Å². The SMILES string of the molecule is O=C(c1ccc(F)cc1)C1CCN(CCC2CCC(NC(=O)C3(O)CC3)CC2)CC1. The van der Waals surface area contributed by atoms with Gasteiger partial charge in [0.25, 0.3) is 5.91 Å². The van der Waals surface area contributed by atoms with Crippen molar-refractivity contribution in [3.8, 4) is 0 Å². The number of carbonyl (C=O) groups is 2. The minimum atomic E-state index is -1.07. The number of hydrogen-bond donors (Lipinski definition) is 2. The van der Waals surface area contributed by atoms with Crippen LogP contribution in [0.1, 0.15) is 68.1 Å². The van der Waals surface area contributed by atoms with E-state index in [9.17, 15) is 19.1 Å². The van der Waals surface area contributed by atoms with Gasteiger partial charge in [0.05, 0.1) is 0 Å². The van der Waals surface area contributed by atoms with Gasteiger partial charge in [0.15, 0.2) is 5.78 Å². The Hall–Kier alpha value is -1.79. The molecule has 0 unspecified atom stereocenters. The van der Waals surface area contributed by atoms with Crippen LogP contribution in [0.5, 0.6) is 0 Å². The van der Waals surface area contributed by atoms with E-state index in [-0.39, 0.29) is 29.5 Å². The van der Waals surface area contributed by atoms with E-state index in [0.717, 1.165) is 58.2 Å². The average molecular weight is 417 g/mol. The Morgan fingerprint density at radius 3 is 2.27 bits per heavy atom. The Kier molecular flexibility index (Phi) is 6.54. The maximum Gasteiger partial charge on any atom is 0.252 e. The van der Waals surface area contributed by atoms with Crippen LogP contribution in [0.2, 0.25) is 0 Å². The van der Waals surface area contributed by atoms with Gasteiger partial charge in [0.2, 0.25) is 0 Å². The fourth-order valence-electron chi connectivity index (χ4n) is 4.89. The number of benzene rings is 1. The van der Waals surface area contributed by atoms with Crippen LogP contribution >= 0.6 is 0 Å². The zero-order valence-electron chi connectivity index (χ0n) is 17.6. The Morgan fingerprint density at radius 2 is 1.67 bits per heavy atom. The number of aliphatic hydroxyl groups is 1. The minimum absolute atomic E-state index is 0.0482. The van der Waals surface area contributed by atoms with E-state index in [1.54, 1.807) is 12.1 Å². The number of halogens is 1. The smallest absolute Gasteiger partial charge is 0.252 e. The van der Waals surface area contributed by atoms with Crippen LogP contribution in [0.4, 0.5) is 4.39 Å². The largest absolute Gasteiger partial charge is 0.380 e. The molecule has 0 atom stereocenters. The molecule has 0 radical (unpaired) electrons. The summed E-state index contributed by atoms with van der Waals surface area (Å²) >= 11 is 0. The Morgan fingerprint density at radius 1 is 1.03 bits per heavy atom. The van der Waals surface area contributed by atoms with Gasteiger partial charge in [-0.3, -0.25) is 9.59 Å². The second-order valence-corrected chi connectivity index (χ2v) is 9.50. The van der Waals surface area contributed by atoms with Crippen molar-refractivity contribution < 1.29 is 19.1 Å². The highest BCUT2D eigenvalue weighted by atomic mass is 19.1. The highest BCUT2D eigenvalue weighted by Crippen LogP contribution is 2.36. The monoisotopic (exact) mass is 416 g/mol. The normalized spacial score (nSPS) is 26.9. The number of Topliss-reactive ketones (excluding diaryl/α,β-unsaturated/α-hetero) is 1. The molecule has 3 aliphatic rings. The summed E-state index contributed by atoms with van der Waals surface area (Å²) in [6, 6.07) is 6.11. The molecule has 2 aliphatic carbocycles. The topological polar surface area (TPSA) is 69.6 Å². The number of hydrogen-bond acceptors (Lipinski definition) is 4. The van der Waals surface area contributed by atoms with Crippen molar-refractivity contribution in [3.63, 3.8) is 0 Å². The fraction of sp³-hybridized carbons (Fsp3) is 0.667. The lowest BCUT2D eigenvalue weighted by atomic mass is 9.83. The molecule has 6 heteroatoms. The summed E-state index contributed by atoms with van der Waals surface area (Å²) in [4.78, 5) is 27.1. The van der Waals surface area contributed by atoms with Gasteiger partial charge in [0.1, 0.15) is 11.4 Å². The first-order valence-electron chi connectivity index (χ1n) is 11.5. The van der Waals surface area contributed by atoms with Crippen LogP contribution in [0, 0.1) is 17.7 Å². The molecule has 1 amide bonds. The second-order valence-electron chi connectivity index (χ2n) is 9.50. The van der Waals surface area contributed by atoms with E-state index in [1.807, 2.05) is 0 Å². The summed E-state index contributed by atoms with van der Waals surface area (Å²) in [5.74, 6) is 0.403. The van der Waals surface area contributed by atoms with Crippen molar-refractivity contribution in [2.24, 2.45) is 11.8 Å². The molecular weight excluding hydrogens is 383 g/mol. The molecular formula is C24H33FN2O3. The summed E-state index contributed by atoms with van der Waals surface area (Å²) in [5.41, 5.74) is -0.450. The zero-order chi connectivity index (χ0) is 21.1. The van der Waals surface area contributed by atoms with Crippen LogP contribution in [0.25, 0.3) is 0 Å². The predicted molar refractivity (Wildman–Crippen MR) is 113 cm³/mol. The third-order valence-corrected chi connectivity index (χ3v) is 7.27. The molecule has 0 aromatic heterocycles. The van der Waals surface area contributed by atoms with E-state index in [4.69, 9.17) is 0 Å². The third-order valence-electron chi connectivity index (χ3n) is 7.27. The van der Waals surface area contributed by atoms with Crippen molar-refractivity contribution in [2.45, 2.75) is 69.4 Å². The van der Waals surface area contributed by atoms with E-state index in [1.165, 1.54) is 18.6 Å². The molecule has 1 heterocycles. The first kappa shape index (κ1) is 21.4. The van der Waals surface area contributed by atoms with Gasteiger partial charge in [-0.25, -0.2) is 4.39 Å². The molecule has 2 saturated carbocycles. The van der Waals surface area contributed by atoms with Gasteiger partial charge < -0.3 is 15.3 Å². The van der Waals surface area contributed by atoms with Gasteiger partial charge in [-0.1, -0.05) is 0 Å². The lowest BCUT2D eigenvalue weighted by Crippen LogP contribution is -2.44. The minimum Gasteiger partial charge on any atom is -0.380 e.